The molecule has 7 heteroatoms. The molecule has 6 aromatic rings. The maximum atomic E-state index is 6.13. The Balaban J connectivity index is 1.29. The van der Waals surface area contributed by atoms with Crippen LogP contribution in [-0.2, 0) is 26.3 Å². The van der Waals surface area contributed by atoms with E-state index in [1.807, 2.05) is 79.4 Å². The highest BCUT2D eigenvalue weighted by molar-refractivity contribution is 5.73. The summed E-state index contributed by atoms with van der Waals surface area (Å²) in [6, 6.07) is 36.8. The normalized spacial score (nSPS) is 10.9. The van der Waals surface area contributed by atoms with Crippen LogP contribution in [0, 0.1) is 0 Å². The van der Waals surface area contributed by atoms with Gasteiger partial charge in [0, 0.05) is 48.0 Å². The van der Waals surface area contributed by atoms with Crippen molar-refractivity contribution in [3.63, 3.8) is 0 Å². The molecule has 2 aromatic heterocycles. The number of ether oxygens (including phenoxy) is 4. The van der Waals surface area contributed by atoms with Crippen LogP contribution in [0.1, 0.15) is 17.5 Å². The van der Waals surface area contributed by atoms with Crippen molar-refractivity contribution in [1.82, 2.24) is 14.1 Å². The minimum Gasteiger partial charge on any atom is -0.493 e. The summed E-state index contributed by atoms with van der Waals surface area (Å²) in [4.78, 5) is 4.20. The van der Waals surface area contributed by atoms with Gasteiger partial charge in [-0.1, -0.05) is 60.7 Å². The fourth-order valence-corrected chi connectivity index (χ4v) is 5.41. The summed E-state index contributed by atoms with van der Waals surface area (Å²) < 4.78 is 28.3. The zero-order valence-corrected chi connectivity index (χ0v) is 25.6. The molecule has 0 N–H and O–H groups in total. The van der Waals surface area contributed by atoms with Gasteiger partial charge in [0.2, 0.25) is 0 Å². The van der Waals surface area contributed by atoms with Gasteiger partial charge < -0.3 is 28.1 Å². The first kappa shape index (κ1) is 29.6. The Morgan fingerprint density at radius 3 is 1.58 bits per heavy atom. The topological polar surface area (TPSA) is 59.7 Å². The first-order valence-corrected chi connectivity index (χ1v) is 15.1. The highest BCUT2D eigenvalue weighted by Crippen LogP contribution is 2.38. The minimum atomic E-state index is 0.470. The average molecular weight is 600 g/mol. The fraction of sp³-hybridized carbons (Fsp3) is 0.184. The smallest absolute Gasteiger partial charge is 0.161 e. The molecule has 0 atom stereocenters. The molecule has 0 fully saturated rings. The van der Waals surface area contributed by atoms with Crippen LogP contribution in [0.2, 0.25) is 0 Å². The molecule has 6 rings (SSSR count). The van der Waals surface area contributed by atoms with E-state index in [2.05, 4.69) is 62.6 Å². The Morgan fingerprint density at radius 2 is 1.11 bits per heavy atom. The van der Waals surface area contributed by atoms with E-state index in [9.17, 15) is 0 Å². The molecule has 0 amide bonds. The molecule has 228 valence electrons. The van der Waals surface area contributed by atoms with Crippen LogP contribution < -0.4 is 18.9 Å². The third kappa shape index (κ3) is 7.21. The van der Waals surface area contributed by atoms with Crippen LogP contribution in [0.5, 0.6) is 23.0 Å². The van der Waals surface area contributed by atoms with Crippen LogP contribution in [0.15, 0.2) is 128 Å². The third-order valence-electron chi connectivity index (χ3n) is 7.73. The Morgan fingerprint density at radius 1 is 0.578 bits per heavy atom. The molecular formula is C38H37N3O4. The predicted molar refractivity (Wildman–Crippen MR) is 177 cm³/mol. The molecule has 0 aliphatic carbocycles. The first-order chi connectivity index (χ1) is 22.2. The van der Waals surface area contributed by atoms with Gasteiger partial charge in [0.05, 0.1) is 20.5 Å². The molecule has 45 heavy (non-hydrogen) atoms. The molecule has 0 spiro atoms. The van der Waals surface area contributed by atoms with Gasteiger partial charge in [0.25, 0.3) is 0 Å². The number of rotatable bonds is 14. The highest BCUT2D eigenvalue weighted by atomic mass is 16.5. The lowest BCUT2D eigenvalue weighted by molar-refractivity contribution is 0.284. The van der Waals surface area contributed by atoms with Gasteiger partial charge in [-0.2, -0.15) is 0 Å². The SMILES string of the molecule is COc1cc(-c2ccc(-c3ccc(OCc4ccccc4)c(OC)c3)n2CCCn2ccnc2)ccc1OCc1ccccc1. The number of hydrogen-bond donors (Lipinski definition) is 0. The quantitative estimate of drug-likeness (QED) is 0.126. The molecule has 4 aromatic carbocycles. The van der Waals surface area contributed by atoms with Crippen molar-refractivity contribution in [3.8, 4) is 45.5 Å². The van der Waals surface area contributed by atoms with Crippen molar-refractivity contribution < 1.29 is 18.9 Å². The molecule has 2 heterocycles. The Hall–Kier alpha value is -5.43. The number of imidazole rings is 1. The van der Waals surface area contributed by atoms with Crippen LogP contribution in [0.3, 0.4) is 0 Å². The minimum absolute atomic E-state index is 0.470. The van der Waals surface area contributed by atoms with Gasteiger partial charge in [0.1, 0.15) is 13.2 Å². The lowest BCUT2D eigenvalue weighted by Crippen LogP contribution is -2.06. The van der Waals surface area contributed by atoms with E-state index in [-0.39, 0.29) is 0 Å². The average Bonchev–Trinajstić information content (AvgIpc) is 3.78. The number of nitrogens with zero attached hydrogens (tertiary/aromatic N) is 3. The zero-order chi connectivity index (χ0) is 30.8. The van der Waals surface area contributed by atoms with Gasteiger partial charge in [-0.05, 0) is 66.1 Å². The summed E-state index contributed by atoms with van der Waals surface area (Å²) in [5.41, 5.74) is 6.47. The predicted octanol–water partition coefficient (Wildman–Crippen LogP) is 8.28. The van der Waals surface area contributed by atoms with E-state index in [0.29, 0.717) is 36.2 Å². The third-order valence-corrected chi connectivity index (χ3v) is 7.73. The molecule has 0 unspecified atom stereocenters. The molecule has 0 bridgehead atoms. The van der Waals surface area contributed by atoms with Crippen molar-refractivity contribution >= 4 is 0 Å². The summed E-state index contributed by atoms with van der Waals surface area (Å²) in [5, 5.41) is 0. The molecule has 0 aliphatic rings. The molecule has 0 aliphatic heterocycles. The number of hydrogen-bond acceptors (Lipinski definition) is 5. The van der Waals surface area contributed by atoms with Gasteiger partial charge in [-0.3, -0.25) is 0 Å². The lowest BCUT2D eigenvalue weighted by Gasteiger charge is -2.17. The largest absolute Gasteiger partial charge is 0.493 e. The van der Waals surface area contributed by atoms with Crippen LogP contribution in [-0.4, -0.2) is 28.3 Å². The van der Waals surface area contributed by atoms with E-state index in [1.54, 1.807) is 14.2 Å². The Kier molecular flexibility index (Phi) is 9.46. The van der Waals surface area contributed by atoms with Crippen molar-refractivity contribution in [1.29, 1.82) is 0 Å². The Bertz CT molecular complexity index is 1690. The summed E-state index contributed by atoms with van der Waals surface area (Å²) in [5.74, 6) is 2.80. The Labute approximate surface area is 264 Å². The van der Waals surface area contributed by atoms with Crippen molar-refractivity contribution in [2.45, 2.75) is 32.7 Å². The van der Waals surface area contributed by atoms with Crippen molar-refractivity contribution in [3.05, 3.63) is 139 Å². The van der Waals surface area contributed by atoms with Gasteiger partial charge >= 0.3 is 0 Å². The second-order valence-electron chi connectivity index (χ2n) is 10.7. The highest BCUT2D eigenvalue weighted by Gasteiger charge is 2.16. The summed E-state index contributed by atoms with van der Waals surface area (Å²) >= 11 is 0. The first-order valence-electron chi connectivity index (χ1n) is 15.1. The van der Waals surface area contributed by atoms with E-state index < -0.39 is 0 Å². The van der Waals surface area contributed by atoms with Crippen LogP contribution in [0.25, 0.3) is 22.5 Å². The summed E-state index contributed by atoms with van der Waals surface area (Å²) in [7, 11) is 3.36. The molecule has 7 nitrogen and oxygen atoms in total. The standard InChI is InChI=1S/C38H37N3O4/c1-42-37-24-31(14-18-35(37)44-26-29-10-5-3-6-11-29)33-16-17-34(41(33)22-9-21-40-23-20-39-28-40)32-15-19-36(38(25-32)43-2)45-27-30-12-7-4-8-13-30/h3-8,10-20,23-25,28H,9,21-22,26-27H2,1-2H3. The van der Waals surface area contributed by atoms with Gasteiger partial charge in [0.15, 0.2) is 23.0 Å². The van der Waals surface area contributed by atoms with Crippen molar-refractivity contribution in [2.24, 2.45) is 0 Å². The molecule has 0 saturated carbocycles. The van der Waals surface area contributed by atoms with Gasteiger partial charge in [-0.15, -0.1) is 0 Å². The molecular weight excluding hydrogens is 562 g/mol. The zero-order valence-electron chi connectivity index (χ0n) is 25.6. The van der Waals surface area contributed by atoms with E-state index >= 15 is 0 Å². The van der Waals surface area contributed by atoms with Gasteiger partial charge in [-0.25, -0.2) is 4.98 Å². The summed E-state index contributed by atoms with van der Waals surface area (Å²) in [6.45, 7) is 2.61. The summed E-state index contributed by atoms with van der Waals surface area (Å²) in [6.07, 6.45) is 6.59. The number of aromatic nitrogens is 3. The molecule has 0 radical (unpaired) electrons. The monoisotopic (exact) mass is 599 g/mol. The maximum absolute atomic E-state index is 6.13. The fourth-order valence-electron chi connectivity index (χ4n) is 5.41. The van der Waals surface area contributed by atoms with Crippen LogP contribution >= 0.6 is 0 Å². The second kappa shape index (κ2) is 14.4. The van der Waals surface area contributed by atoms with E-state index in [4.69, 9.17) is 18.9 Å². The maximum Gasteiger partial charge on any atom is 0.161 e. The lowest BCUT2D eigenvalue weighted by atomic mass is 10.1. The molecule has 0 saturated heterocycles. The number of methoxy groups -OCH3 is 2. The number of aryl methyl sites for hydroxylation is 1. The van der Waals surface area contributed by atoms with Crippen LogP contribution in [0.4, 0.5) is 0 Å². The van der Waals surface area contributed by atoms with E-state index in [0.717, 1.165) is 53.2 Å². The second-order valence-corrected chi connectivity index (χ2v) is 10.7. The number of benzene rings is 4. The van der Waals surface area contributed by atoms with Crippen molar-refractivity contribution in [2.75, 3.05) is 14.2 Å². The van der Waals surface area contributed by atoms with E-state index in [1.165, 1.54) is 0 Å².